The molecule has 2 fully saturated rings. The molecule has 2 aromatic rings. The maximum Gasteiger partial charge on any atom is 0.229 e. The van der Waals surface area contributed by atoms with Crippen LogP contribution in [0.3, 0.4) is 0 Å². The first-order valence-corrected chi connectivity index (χ1v) is 11.6. The molecule has 4 rings (SSSR count). The molecule has 4 unspecified atom stereocenters. The van der Waals surface area contributed by atoms with Gasteiger partial charge in [0, 0.05) is 11.7 Å². The van der Waals surface area contributed by atoms with Crippen molar-refractivity contribution in [3.8, 4) is 0 Å². The topological polar surface area (TPSA) is 89.3 Å². The van der Waals surface area contributed by atoms with Crippen LogP contribution in [-0.4, -0.2) is 20.4 Å². The van der Waals surface area contributed by atoms with Crippen LogP contribution in [0.4, 0.5) is 5.69 Å². The predicted molar refractivity (Wildman–Crippen MR) is 110 cm³/mol. The lowest BCUT2D eigenvalue weighted by Gasteiger charge is -2.27. The van der Waals surface area contributed by atoms with E-state index in [0.717, 1.165) is 24.8 Å². The Morgan fingerprint density at radius 2 is 1.64 bits per heavy atom. The molecule has 4 atom stereocenters. The number of rotatable bonds is 6. The normalized spacial score (nSPS) is 26.3. The second-order valence-electron chi connectivity index (χ2n) is 8.14. The molecule has 0 saturated heterocycles. The molecule has 2 saturated carbocycles. The lowest BCUT2D eigenvalue weighted by atomic mass is 9.84. The number of hydrogen-bond acceptors (Lipinski definition) is 4. The Morgan fingerprint density at radius 1 is 0.964 bits per heavy atom. The van der Waals surface area contributed by atoms with Gasteiger partial charge < -0.3 is 11.1 Å². The highest BCUT2D eigenvalue weighted by Crippen LogP contribution is 2.47. The second kappa shape index (κ2) is 7.68. The van der Waals surface area contributed by atoms with Crippen molar-refractivity contribution in [1.29, 1.82) is 0 Å². The van der Waals surface area contributed by atoms with Gasteiger partial charge in [-0.25, -0.2) is 8.42 Å². The Morgan fingerprint density at radius 3 is 2.36 bits per heavy atom. The van der Waals surface area contributed by atoms with Gasteiger partial charge in [0.25, 0.3) is 0 Å². The lowest BCUT2D eigenvalue weighted by molar-refractivity contribution is -0.121. The Balaban J connectivity index is 1.42. The van der Waals surface area contributed by atoms with E-state index in [4.69, 9.17) is 5.73 Å². The highest BCUT2D eigenvalue weighted by atomic mass is 32.2. The third kappa shape index (κ3) is 4.13. The van der Waals surface area contributed by atoms with Crippen molar-refractivity contribution in [3.63, 3.8) is 0 Å². The van der Waals surface area contributed by atoms with Gasteiger partial charge in [0.05, 0.1) is 17.4 Å². The summed E-state index contributed by atoms with van der Waals surface area (Å²) in [7, 11) is -3.30. The Bertz CT molecular complexity index is 957. The quantitative estimate of drug-likeness (QED) is 0.782. The minimum absolute atomic E-state index is 0.00439. The van der Waals surface area contributed by atoms with E-state index in [1.165, 1.54) is 0 Å². The molecule has 0 spiro atoms. The Labute approximate surface area is 166 Å². The SMILES string of the molecule is NC1C2CCC(C2)C1C(=O)Nc1cccc(CS(=O)(=O)Cc2ccccc2)c1. The van der Waals surface area contributed by atoms with Gasteiger partial charge >= 0.3 is 0 Å². The number of carbonyl (C=O) groups is 1. The molecule has 0 heterocycles. The highest BCUT2D eigenvalue weighted by Gasteiger charge is 2.49. The van der Waals surface area contributed by atoms with E-state index in [0.29, 0.717) is 23.1 Å². The predicted octanol–water partition coefficient (Wildman–Crippen LogP) is 3.11. The van der Waals surface area contributed by atoms with Crippen molar-refractivity contribution < 1.29 is 13.2 Å². The molecule has 2 aliphatic carbocycles. The summed E-state index contributed by atoms with van der Waals surface area (Å²) in [6.07, 6.45) is 3.26. The molecule has 3 N–H and O–H groups in total. The van der Waals surface area contributed by atoms with Gasteiger partial charge in [0.1, 0.15) is 0 Å². The molecular formula is C22H26N2O3S. The summed E-state index contributed by atoms with van der Waals surface area (Å²) in [5.74, 6) is 0.627. The molecule has 28 heavy (non-hydrogen) atoms. The van der Waals surface area contributed by atoms with Crippen LogP contribution in [0.2, 0.25) is 0 Å². The van der Waals surface area contributed by atoms with Crippen LogP contribution < -0.4 is 11.1 Å². The van der Waals surface area contributed by atoms with Crippen molar-refractivity contribution in [2.24, 2.45) is 23.5 Å². The molecule has 2 bridgehead atoms. The number of nitrogens with two attached hydrogens (primary N) is 1. The molecule has 6 heteroatoms. The van der Waals surface area contributed by atoms with Gasteiger partial charge in [-0.1, -0.05) is 42.5 Å². The van der Waals surface area contributed by atoms with Gasteiger partial charge in [-0.15, -0.1) is 0 Å². The van der Waals surface area contributed by atoms with E-state index in [9.17, 15) is 13.2 Å². The molecule has 0 radical (unpaired) electrons. The highest BCUT2D eigenvalue weighted by molar-refractivity contribution is 7.89. The van der Waals surface area contributed by atoms with E-state index in [2.05, 4.69) is 5.32 Å². The molecule has 148 valence electrons. The van der Waals surface area contributed by atoms with Crippen LogP contribution in [0.1, 0.15) is 30.4 Å². The minimum atomic E-state index is -3.30. The Kier molecular flexibility index (Phi) is 5.25. The second-order valence-corrected chi connectivity index (χ2v) is 10.2. The summed E-state index contributed by atoms with van der Waals surface area (Å²) in [4.78, 5) is 12.7. The van der Waals surface area contributed by atoms with Crippen LogP contribution in [-0.2, 0) is 26.1 Å². The maximum atomic E-state index is 12.7. The summed E-state index contributed by atoms with van der Waals surface area (Å²) in [6.45, 7) is 0. The summed E-state index contributed by atoms with van der Waals surface area (Å²) in [5, 5.41) is 2.96. The number of amides is 1. The fourth-order valence-corrected chi connectivity index (χ4v) is 6.31. The van der Waals surface area contributed by atoms with Gasteiger partial charge in [-0.05, 0) is 54.4 Å². The van der Waals surface area contributed by atoms with Crippen molar-refractivity contribution >= 4 is 21.4 Å². The average Bonchev–Trinajstić information content (AvgIpc) is 3.23. The fourth-order valence-electron chi connectivity index (χ4n) is 4.82. The van der Waals surface area contributed by atoms with Crippen molar-refractivity contribution in [2.45, 2.75) is 36.8 Å². The summed E-state index contributed by atoms with van der Waals surface area (Å²) < 4.78 is 25.1. The molecule has 2 aromatic carbocycles. The molecule has 5 nitrogen and oxygen atoms in total. The number of carbonyl (C=O) groups excluding carboxylic acids is 1. The lowest BCUT2D eigenvalue weighted by Crippen LogP contribution is -2.42. The molecule has 0 aliphatic heterocycles. The summed E-state index contributed by atoms with van der Waals surface area (Å²) in [6, 6.07) is 16.2. The van der Waals surface area contributed by atoms with Crippen LogP contribution >= 0.6 is 0 Å². The fraction of sp³-hybridized carbons (Fsp3) is 0.409. The first kappa shape index (κ1) is 19.2. The number of hydrogen-bond donors (Lipinski definition) is 2. The minimum Gasteiger partial charge on any atom is -0.327 e. The average molecular weight is 399 g/mol. The van der Waals surface area contributed by atoms with E-state index < -0.39 is 9.84 Å². The number of benzene rings is 2. The molecular weight excluding hydrogens is 372 g/mol. The third-order valence-corrected chi connectivity index (χ3v) is 7.64. The van der Waals surface area contributed by atoms with E-state index >= 15 is 0 Å². The largest absolute Gasteiger partial charge is 0.327 e. The van der Waals surface area contributed by atoms with Crippen LogP contribution in [0.25, 0.3) is 0 Å². The first-order chi connectivity index (χ1) is 13.4. The van der Waals surface area contributed by atoms with Crippen molar-refractivity contribution in [1.82, 2.24) is 0 Å². The smallest absolute Gasteiger partial charge is 0.229 e. The summed E-state index contributed by atoms with van der Waals surface area (Å²) >= 11 is 0. The van der Waals surface area contributed by atoms with Gasteiger partial charge in [-0.2, -0.15) is 0 Å². The maximum absolute atomic E-state index is 12.7. The molecule has 2 aliphatic rings. The first-order valence-electron chi connectivity index (χ1n) is 9.81. The Hall–Kier alpha value is -2.18. The number of nitrogens with one attached hydrogen (secondary N) is 1. The van der Waals surface area contributed by atoms with Crippen LogP contribution in [0, 0.1) is 17.8 Å². The van der Waals surface area contributed by atoms with Gasteiger partial charge in [-0.3, -0.25) is 4.79 Å². The monoisotopic (exact) mass is 398 g/mol. The van der Waals surface area contributed by atoms with Crippen LogP contribution in [0.5, 0.6) is 0 Å². The van der Waals surface area contributed by atoms with Crippen molar-refractivity contribution in [3.05, 3.63) is 65.7 Å². The van der Waals surface area contributed by atoms with Gasteiger partial charge in [0.2, 0.25) is 5.91 Å². The van der Waals surface area contributed by atoms with E-state index in [1.807, 2.05) is 30.3 Å². The summed E-state index contributed by atoms with van der Waals surface area (Å²) in [5.41, 5.74) is 8.34. The number of anilines is 1. The van der Waals surface area contributed by atoms with Crippen molar-refractivity contribution in [2.75, 3.05) is 5.32 Å². The zero-order chi connectivity index (χ0) is 19.7. The molecule has 1 amide bonds. The van der Waals surface area contributed by atoms with Crippen LogP contribution in [0.15, 0.2) is 54.6 Å². The molecule has 0 aromatic heterocycles. The van der Waals surface area contributed by atoms with E-state index in [-0.39, 0.29) is 29.4 Å². The van der Waals surface area contributed by atoms with E-state index in [1.54, 1.807) is 24.3 Å². The van der Waals surface area contributed by atoms with Gasteiger partial charge in [0.15, 0.2) is 9.84 Å². The third-order valence-electron chi connectivity index (χ3n) is 6.09. The number of fused-ring (bicyclic) bond motifs is 2. The zero-order valence-corrected chi connectivity index (χ0v) is 16.6. The standard InChI is InChI=1S/C22H26N2O3S/c23-21-18-10-9-17(12-18)20(21)22(25)24-19-8-4-7-16(11-19)14-28(26,27)13-15-5-2-1-3-6-15/h1-8,11,17-18,20-21H,9-10,12-14,23H2,(H,24,25). The number of sulfone groups is 1. The zero-order valence-electron chi connectivity index (χ0n) is 15.8.